The highest BCUT2D eigenvalue weighted by Gasteiger charge is 2.20. The number of hydrogen-bond donors (Lipinski definition) is 1. The van der Waals surface area contributed by atoms with Gasteiger partial charge in [-0.3, -0.25) is 0 Å². The fourth-order valence-electron chi connectivity index (χ4n) is 3.45. The maximum Gasteiger partial charge on any atom is 0.00385 e. The van der Waals surface area contributed by atoms with E-state index in [9.17, 15) is 0 Å². The summed E-state index contributed by atoms with van der Waals surface area (Å²) in [5, 5.41) is 3.72. The third kappa shape index (κ3) is 6.58. The Morgan fingerprint density at radius 1 is 1.05 bits per heavy atom. The van der Waals surface area contributed by atoms with Gasteiger partial charge in [-0.05, 0) is 77.0 Å². The Morgan fingerprint density at radius 2 is 1.70 bits per heavy atom. The largest absolute Gasteiger partial charge is 0.316 e. The normalized spacial score (nSPS) is 19.9. The number of piperidine rings is 1. The third-order valence-corrected chi connectivity index (χ3v) is 5.11. The predicted molar refractivity (Wildman–Crippen MR) is 90.2 cm³/mol. The van der Waals surface area contributed by atoms with Crippen molar-refractivity contribution in [2.24, 2.45) is 17.8 Å². The molecule has 0 saturated carbocycles. The van der Waals surface area contributed by atoms with E-state index in [-0.39, 0.29) is 0 Å². The van der Waals surface area contributed by atoms with Crippen LogP contribution in [-0.2, 0) is 0 Å². The molecule has 0 amide bonds. The summed E-state index contributed by atoms with van der Waals surface area (Å²) in [6, 6.07) is 0.727. The van der Waals surface area contributed by atoms with E-state index in [1.54, 1.807) is 0 Å². The van der Waals surface area contributed by atoms with Crippen LogP contribution in [-0.4, -0.2) is 37.1 Å². The molecular formula is C18H38N2. The van der Waals surface area contributed by atoms with E-state index < -0.39 is 0 Å². The summed E-state index contributed by atoms with van der Waals surface area (Å²) in [4.78, 5) is 2.62. The maximum atomic E-state index is 3.72. The molecule has 20 heavy (non-hydrogen) atoms. The first-order valence-electron chi connectivity index (χ1n) is 8.99. The molecule has 2 heteroatoms. The lowest BCUT2D eigenvalue weighted by Gasteiger charge is -2.34. The first-order valence-corrected chi connectivity index (χ1v) is 8.99. The molecule has 120 valence electrons. The average molecular weight is 283 g/mol. The van der Waals surface area contributed by atoms with Crippen LogP contribution in [0.3, 0.4) is 0 Å². The molecule has 0 spiro atoms. The van der Waals surface area contributed by atoms with Crippen molar-refractivity contribution in [3.05, 3.63) is 0 Å². The van der Waals surface area contributed by atoms with Crippen molar-refractivity contribution in [1.29, 1.82) is 0 Å². The summed E-state index contributed by atoms with van der Waals surface area (Å²) in [6.07, 6.45) is 6.85. The fourth-order valence-corrected chi connectivity index (χ4v) is 3.45. The van der Waals surface area contributed by atoms with E-state index in [0.29, 0.717) is 0 Å². The number of hydrogen-bond acceptors (Lipinski definition) is 2. The lowest BCUT2D eigenvalue weighted by molar-refractivity contribution is 0.148. The number of rotatable bonds is 9. The second kappa shape index (κ2) is 9.78. The minimum Gasteiger partial charge on any atom is -0.316 e. The molecule has 1 aliphatic heterocycles. The molecule has 1 aliphatic rings. The number of likely N-dealkylation sites (tertiary alicyclic amines) is 1. The van der Waals surface area contributed by atoms with Crippen LogP contribution in [0.25, 0.3) is 0 Å². The first-order chi connectivity index (χ1) is 9.54. The van der Waals surface area contributed by atoms with Gasteiger partial charge in [-0.2, -0.15) is 0 Å². The van der Waals surface area contributed by atoms with Crippen LogP contribution >= 0.6 is 0 Å². The molecule has 0 bridgehead atoms. The van der Waals surface area contributed by atoms with E-state index in [0.717, 1.165) is 23.8 Å². The third-order valence-electron chi connectivity index (χ3n) is 5.11. The van der Waals surface area contributed by atoms with E-state index >= 15 is 0 Å². The van der Waals surface area contributed by atoms with Crippen LogP contribution in [0.2, 0.25) is 0 Å². The van der Waals surface area contributed by atoms with Gasteiger partial charge >= 0.3 is 0 Å². The zero-order valence-electron chi connectivity index (χ0n) is 14.6. The van der Waals surface area contributed by atoms with Gasteiger partial charge in [0.15, 0.2) is 0 Å². The van der Waals surface area contributed by atoms with Gasteiger partial charge in [0.1, 0.15) is 0 Å². The average Bonchev–Trinajstić information content (AvgIpc) is 2.42. The van der Waals surface area contributed by atoms with Gasteiger partial charge in [0.2, 0.25) is 0 Å². The molecule has 1 saturated heterocycles. The van der Waals surface area contributed by atoms with Crippen LogP contribution in [0, 0.1) is 17.8 Å². The van der Waals surface area contributed by atoms with Gasteiger partial charge in [-0.15, -0.1) is 0 Å². The van der Waals surface area contributed by atoms with Crippen molar-refractivity contribution >= 4 is 0 Å². The topological polar surface area (TPSA) is 15.3 Å². The highest BCUT2D eigenvalue weighted by Crippen LogP contribution is 2.21. The van der Waals surface area contributed by atoms with Crippen molar-refractivity contribution in [2.75, 3.05) is 26.2 Å². The summed E-state index contributed by atoms with van der Waals surface area (Å²) < 4.78 is 0. The van der Waals surface area contributed by atoms with Gasteiger partial charge in [-0.1, -0.05) is 33.6 Å². The van der Waals surface area contributed by atoms with E-state index in [2.05, 4.69) is 44.8 Å². The fraction of sp³-hybridized carbons (Fsp3) is 1.00. The minimum absolute atomic E-state index is 0.727. The zero-order valence-corrected chi connectivity index (χ0v) is 14.6. The van der Waals surface area contributed by atoms with Crippen molar-refractivity contribution < 1.29 is 0 Å². The molecule has 1 fully saturated rings. The molecule has 0 radical (unpaired) electrons. The van der Waals surface area contributed by atoms with E-state index in [1.165, 1.54) is 58.3 Å². The monoisotopic (exact) mass is 282 g/mol. The summed E-state index contributed by atoms with van der Waals surface area (Å²) in [5.74, 6) is 2.66. The molecule has 1 rings (SSSR count). The second-order valence-corrected chi connectivity index (χ2v) is 7.36. The van der Waals surface area contributed by atoms with Gasteiger partial charge in [0.25, 0.3) is 0 Å². The molecule has 1 atom stereocenters. The van der Waals surface area contributed by atoms with Gasteiger partial charge in [0.05, 0.1) is 0 Å². The highest BCUT2D eigenvalue weighted by molar-refractivity contribution is 4.76. The summed E-state index contributed by atoms with van der Waals surface area (Å²) in [6.45, 7) is 16.8. The second-order valence-electron chi connectivity index (χ2n) is 7.36. The van der Waals surface area contributed by atoms with E-state index in [1.807, 2.05) is 0 Å². The molecule has 0 aromatic rings. The Morgan fingerprint density at radius 3 is 2.20 bits per heavy atom. The molecule has 0 aromatic heterocycles. The van der Waals surface area contributed by atoms with Crippen LogP contribution in [0.5, 0.6) is 0 Å². The van der Waals surface area contributed by atoms with E-state index in [4.69, 9.17) is 0 Å². The maximum absolute atomic E-state index is 3.72. The molecule has 1 N–H and O–H groups in total. The predicted octanol–water partition coefficient (Wildman–Crippen LogP) is 4.16. The van der Waals surface area contributed by atoms with Crippen molar-refractivity contribution in [2.45, 2.75) is 72.8 Å². The Hall–Kier alpha value is -0.0800. The van der Waals surface area contributed by atoms with Gasteiger partial charge in [-0.25, -0.2) is 0 Å². The first kappa shape index (κ1) is 18.0. The number of nitrogens with one attached hydrogen (secondary N) is 1. The standard InChI is InChI=1S/C18H38N2/c1-6-7-18(15(2)3)8-11-19-14-17-9-12-20(13-10-17)16(4)5/h15-19H,6-14H2,1-5H3. The Bertz CT molecular complexity index is 230. The van der Waals surface area contributed by atoms with Gasteiger partial charge < -0.3 is 10.2 Å². The highest BCUT2D eigenvalue weighted by atomic mass is 15.1. The van der Waals surface area contributed by atoms with Crippen LogP contribution in [0.1, 0.15) is 66.7 Å². The Kier molecular flexibility index (Phi) is 8.79. The van der Waals surface area contributed by atoms with Crippen molar-refractivity contribution in [3.8, 4) is 0 Å². The molecule has 2 nitrogen and oxygen atoms in total. The SMILES string of the molecule is CCCC(CCNCC1CCN(C(C)C)CC1)C(C)C. The van der Waals surface area contributed by atoms with Gasteiger partial charge in [0, 0.05) is 6.04 Å². The van der Waals surface area contributed by atoms with Crippen LogP contribution in [0.4, 0.5) is 0 Å². The smallest absolute Gasteiger partial charge is 0.00385 e. The minimum atomic E-state index is 0.727. The Balaban J connectivity index is 2.10. The molecule has 0 aliphatic carbocycles. The molecule has 1 heterocycles. The lowest BCUT2D eigenvalue weighted by atomic mass is 9.88. The summed E-state index contributed by atoms with van der Waals surface area (Å²) in [5.41, 5.74) is 0. The summed E-state index contributed by atoms with van der Waals surface area (Å²) in [7, 11) is 0. The van der Waals surface area contributed by atoms with Crippen molar-refractivity contribution in [3.63, 3.8) is 0 Å². The quantitative estimate of drug-likeness (QED) is 0.639. The number of nitrogens with zero attached hydrogens (tertiary/aromatic N) is 1. The Labute approximate surface area is 127 Å². The lowest BCUT2D eigenvalue weighted by Crippen LogP contribution is -2.41. The zero-order chi connectivity index (χ0) is 15.0. The molecular weight excluding hydrogens is 244 g/mol. The van der Waals surface area contributed by atoms with Crippen molar-refractivity contribution in [1.82, 2.24) is 10.2 Å². The van der Waals surface area contributed by atoms with Crippen LogP contribution in [0.15, 0.2) is 0 Å². The molecule has 1 unspecified atom stereocenters. The van der Waals surface area contributed by atoms with Crippen LogP contribution < -0.4 is 5.32 Å². The molecule has 0 aromatic carbocycles. The summed E-state index contributed by atoms with van der Waals surface area (Å²) >= 11 is 0.